The van der Waals surface area contributed by atoms with E-state index >= 15 is 0 Å². The molecule has 6 heteroatoms. The second-order valence-electron chi connectivity index (χ2n) is 3.60. The third kappa shape index (κ3) is 3.17. The Bertz CT molecular complexity index is 562. The molecule has 17 heavy (non-hydrogen) atoms. The van der Waals surface area contributed by atoms with Crippen LogP contribution in [0, 0.1) is 0 Å². The molecule has 0 atom stereocenters. The van der Waals surface area contributed by atoms with Gasteiger partial charge in [0.2, 0.25) is 0 Å². The first-order valence-electron chi connectivity index (χ1n) is 5.30. The van der Waals surface area contributed by atoms with Crippen LogP contribution in [-0.2, 0) is 19.2 Å². The van der Waals surface area contributed by atoms with Gasteiger partial charge >= 0.3 is 0 Å². The smallest absolute Gasteiger partial charge is 0.250 e. The topological polar surface area (TPSA) is 47.8 Å². The Labute approximate surface area is 108 Å². The van der Waals surface area contributed by atoms with Crippen molar-refractivity contribution < 1.29 is 0 Å². The molecule has 0 aromatic carbocycles. The van der Waals surface area contributed by atoms with E-state index in [2.05, 4.69) is 9.36 Å². The Morgan fingerprint density at radius 1 is 1.53 bits per heavy atom. The zero-order valence-corrected chi connectivity index (χ0v) is 11.3. The molecule has 2 rings (SSSR count). The molecule has 0 spiro atoms. The fourth-order valence-electron chi connectivity index (χ4n) is 1.26. The lowest BCUT2D eigenvalue weighted by atomic mass is 10.3. The predicted molar refractivity (Wildman–Crippen MR) is 70.5 cm³/mol. The largest absolute Gasteiger partial charge is 0.319 e. The molecular formula is C11H13N3OS2. The highest BCUT2D eigenvalue weighted by atomic mass is 32.2. The first kappa shape index (κ1) is 12.3. The molecule has 0 N–H and O–H groups in total. The number of aromatic nitrogens is 3. The van der Waals surface area contributed by atoms with Crippen LogP contribution >= 0.6 is 23.3 Å². The Hall–Kier alpha value is -1.14. The first-order valence-corrected chi connectivity index (χ1v) is 7.06. The highest BCUT2D eigenvalue weighted by molar-refractivity contribution is 8.00. The summed E-state index contributed by atoms with van der Waals surface area (Å²) in [5, 5.41) is 0. The van der Waals surface area contributed by atoms with E-state index in [0.717, 1.165) is 27.9 Å². The monoisotopic (exact) mass is 267 g/mol. The Balaban J connectivity index is 2.02. The Kier molecular flexibility index (Phi) is 3.96. The van der Waals surface area contributed by atoms with Gasteiger partial charge in [-0.15, -0.1) is 0 Å². The zero-order valence-electron chi connectivity index (χ0n) is 9.71. The summed E-state index contributed by atoms with van der Waals surface area (Å²) in [7, 11) is 1.75. The zero-order chi connectivity index (χ0) is 12.3. The number of hydrogen-bond donors (Lipinski definition) is 0. The van der Waals surface area contributed by atoms with Crippen molar-refractivity contribution in [2.45, 2.75) is 23.4 Å². The van der Waals surface area contributed by atoms with Crippen molar-refractivity contribution >= 4 is 23.3 Å². The van der Waals surface area contributed by atoms with Crippen LogP contribution in [-0.4, -0.2) is 13.9 Å². The molecule has 0 amide bonds. The molecule has 0 fully saturated rings. The SMILES string of the molecule is CCc1nsc(SCc2ccn(C)c(=O)c2)n1. The summed E-state index contributed by atoms with van der Waals surface area (Å²) < 4.78 is 6.75. The average molecular weight is 267 g/mol. The predicted octanol–water partition coefficient (Wildman–Crippen LogP) is 2.09. The Morgan fingerprint density at radius 3 is 3.00 bits per heavy atom. The van der Waals surface area contributed by atoms with Crippen LogP contribution in [0.15, 0.2) is 27.5 Å². The van der Waals surface area contributed by atoms with E-state index in [0.29, 0.717) is 0 Å². The summed E-state index contributed by atoms with van der Waals surface area (Å²) in [5.41, 5.74) is 1.04. The number of nitrogens with zero attached hydrogens (tertiary/aromatic N) is 3. The van der Waals surface area contributed by atoms with E-state index in [1.807, 2.05) is 13.0 Å². The number of aryl methyl sites for hydroxylation is 2. The molecule has 90 valence electrons. The van der Waals surface area contributed by atoms with Crippen molar-refractivity contribution in [3.63, 3.8) is 0 Å². The van der Waals surface area contributed by atoms with Crippen LogP contribution in [0.1, 0.15) is 18.3 Å². The van der Waals surface area contributed by atoms with E-state index < -0.39 is 0 Å². The van der Waals surface area contributed by atoms with Gasteiger partial charge in [0.05, 0.1) is 0 Å². The standard InChI is InChI=1S/C11H13N3OS2/c1-3-9-12-11(17-13-9)16-7-8-4-5-14(2)10(15)6-8/h4-6H,3,7H2,1-2H3. The number of rotatable bonds is 4. The molecule has 2 heterocycles. The fraction of sp³-hybridized carbons (Fsp3) is 0.364. The van der Waals surface area contributed by atoms with Crippen LogP contribution in [0.4, 0.5) is 0 Å². The van der Waals surface area contributed by atoms with Crippen LogP contribution in [0.5, 0.6) is 0 Å². The minimum Gasteiger partial charge on any atom is -0.319 e. The van der Waals surface area contributed by atoms with Gasteiger partial charge in [-0.05, 0) is 23.2 Å². The van der Waals surface area contributed by atoms with Crippen LogP contribution in [0.2, 0.25) is 0 Å². The summed E-state index contributed by atoms with van der Waals surface area (Å²) >= 11 is 3.04. The maximum Gasteiger partial charge on any atom is 0.250 e. The summed E-state index contributed by atoms with van der Waals surface area (Å²) in [6.45, 7) is 2.04. The van der Waals surface area contributed by atoms with Gasteiger partial charge in [0.15, 0.2) is 4.34 Å². The summed E-state index contributed by atoms with van der Waals surface area (Å²) in [6.07, 6.45) is 2.65. The quantitative estimate of drug-likeness (QED) is 0.796. The number of pyridine rings is 1. The van der Waals surface area contributed by atoms with Gasteiger partial charge in [-0.2, -0.15) is 4.37 Å². The molecule has 0 aliphatic carbocycles. The van der Waals surface area contributed by atoms with Crippen molar-refractivity contribution in [2.75, 3.05) is 0 Å². The van der Waals surface area contributed by atoms with E-state index in [9.17, 15) is 4.79 Å². The Morgan fingerprint density at radius 2 is 2.35 bits per heavy atom. The van der Waals surface area contributed by atoms with E-state index in [4.69, 9.17) is 0 Å². The highest BCUT2D eigenvalue weighted by Crippen LogP contribution is 2.23. The van der Waals surface area contributed by atoms with Crippen molar-refractivity contribution in [1.29, 1.82) is 0 Å². The number of hydrogen-bond acceptors (Lipinski definition) is 5. The van der Waals surface area contributed by atoms with Crippen LogP contribution < -0.4 is 5.56 Å². The summed E-state index contributed by atoms with van der Waals surface area (Å²) in [5.74, 6) is 1.65. The molecular weight excluding hydrogens is 254 g/mol. The summed E-state index contributed by atoms with van der Waals surface area (Å²) in [4.78, 5) is 15.8. The molecule has 4 nitrogen and oxygen atoms in total. The van der Waals surface area contributed by atoms with Gasteiger partial charge in [-0.25, -0.2) is 4.98 Å². The van der Waals surface area contributed by atoms with Crippen molar-refractivity contribution in [3.8, 4) is 0 Å². The van der Waals surface area contributed by atoms with Crippen molar-refractivity contribution in [2.24, 2.45) is 7.05 Å². The van der Waals surface area contributed by atoms with Crippen molar-refractivity contribution in [3.05, 3.63) is 40.1 Å². The van der Waals surface area contributed by atoms with Crippen LogP contribution in [0.25, 0.3) is 0 Å². The second-order valence-corrected chi connectivity index (χ2v) is 5.58. The lowest BCUT2D eigenvalue weighted by Gasteiger charge is -2.00. The third-order valence-corrected chi connectivity index (χ3v) is 4.24. The number of thioether (sulfide) groups is 1. The van der Waals surface area contributed by atoms with Gasteiger partial charge in [0.1, 0.15) is 5.82 Å². The van der Waals surface area contributed by atoms with Gasteiger partial charge in [0, 0.05) is 31.5 Å². The molecule has 0 saturated heterocycles. The lowest BCUT2D eigenvalue weighted by molar-refractivity contribution is 0.855. The molecule has 0 radical (unpaired) electrons. The minimum atomic E-state index is 0.0228. The van der Waals surface area contributed by atoms with Gasteiger partial charge in [-0.3, -0.25) is 4.79 Å². The maximum atomic E-state index is 11.4. The fourth-order valence-corrected chi connectivity index (χ4v) is 2.90. The normalized spacial score (nSPS) is 10.7. The third-order valence-electron chi connectivity index (χ3n) is 2.30. The highest BCUT2D eigenvalue weighted by Gasteiger charge is 2.04. The van der Waals surface area contributed by atoms with Crippen molar-refractivity contribution in [1.82, 2.24) is 13.9 Å². The maximum absolute atomic E-state index is 11.4. The molecule has 0 saturated carbocycles. The molecule has 0 aliphatic heterocycles. The minimum absolute atomic E-state index is 0.0228. The van der Waals surface area contributed by atoms with Gasteiger partial charge in [0.25, 0.3) is 5.56 Å². The van der Waals surface area contributed by atoms with E-state index in [-0.39, 0.29) is 5.56 Å². The molecule has 0 aliphatic rings. The van der Waals surface area contributed by atoms with Gasteiger partial charge < -0.3 is 4.57 Å². The van der Waals surface area contributed by atoms with Gasteiger partial charge in [-0.1, -0.05) is 18.7 Å². The van der Waals surface area contributed by atoms with E-state index in [1.54, 1.807) is 35.6 Å². The first-order chi connectivity index (χ1) is 8.19. The average Bonchev–Trinajstić information content (AvgIpc) is 2.79. The molecule has 0 unspecified atom stereocenters. The second kappa shape index (κ2) is 5.46. The van der Waals surface area contributed by atoms with E-state index in [1.165, 1.54) is 11.5 Å². The molecule has 2 aromatic heterocycles. The molecule has 2 aromatic rings. The molecule has 0 bridgehead atoms. The summed E-state index contributed by atoms with van der Waals surface area (Å²) in [6, 6.07) is 3.62. The lowest BCUT2D eigenvalue weighted by Crippen LogP contribution is -2.14. The van der Waals surface area contributed by atoms with Crippen LogP contribution in [0.3, 0.4) is 0 Å².